The SMILES string of the molecule is CCC(c1ccccc1)C1CCCN1C(=O)COCCOC. The van der Waals surface area contributed by atoms with Gasteiger partial charge in [-0.25, -0.2) is 0 Å². The van der Waals surface area contributed by atoms with E-state index in [0.717, 1.165) is 25.8 Å². The smallest absolute Gasteiger partial charge is 0.248 e. The van der Waals surface area contributed by atoms with E-state index in [1.54, 1.807) is 7.11 Å². The maximum atomic E-state index is 12.4. The highest BCUT2D eigenvalue weighted by Crippen LogP contribution is 2.33. The maximum Gasteiger partial charge on any atom is 0.248 e. The third-order valence-corrected chi connectivity index (χ3v) is 4.41. The Balaban J connectivity index is 1.98. The van der Waals surface area contributed by atoms with Gasteiger partial charge in [-0.05, 0) is 24.8 Å². The van der Waals surface area contributed by atoms with Crippen LogP contribution in [0.4, 0.5) is 0 Å². The quantitative estimate of drug-likeness (QED) is 0.693. The van der Waals surface area contributed by atoms with Crippen molar-refractivity contribution < 1.29 is 14.3 Å². The van der Waals surface area contributed by atoms with Gasteiger partial charge in [0.05, 0.1) is 13.2 Å². The summed E-state index contributed by atoms with van der Waals surface area (Å²) in [6.07, 6.45) is 3.21. The molecule has 0 saturated carbocycles. The largest absolute Gasteiger partial charge is 0.382 e. The molecule has 0 aromatic heterocycles. The van der Waals surface area contributed by atoms with Crippen molar-refractivity contribution in [3.05, 3.63) is 35.9 Å². The third-order valence-electron chi connectivity index (χ3n) is 4.41. The third kappa shape index (κ3) is 4.31. The van der Waals surface area contributed by atoms with Gasteiger partial charge in [0.15, 0.2) is 0 Å². The van der Waals surface area contributed by atoms with Crippen molar-refractivity contribution in [1.29, 1.82) is 0 Å². The molecule has 1 fully saturated rings. The molecule has 2 unspecified atom stereocenters. The van der Waals surface area contributed by atoms with E-state index in [1.807, 2.05) is 11.0 Å². The van der Waals surface area contributed by atoms with Crippen molar-refractivity contribution in [2.24, 2.45) is 0 Å². The molecule has 1 saturated heterocycles. The lowest BCUT2D eigenvalue weighted by Crippen LogP contribution is -2.41. The van der Waals surface area contributed by atoms with Gasteiger partial charge in [0.2, 0.25) is 5.91 Å². The van der Waals surface area contributed by atoms with Gasteiger partial charge in [0, 0.05) is 25.6 Å². The summed E-state index contributed by atoms with van der Waals surface area (Å²) in [4.78, 5) is 14.5. The minimum absolute atomic E-state index is 0.105. The number of benzene rings is 1. The Labute approximate surface area is 133 Å². The second-order valence-electron chi connectivity index (χ2n) is 5.77. The lowest BCUT2D eigenvalue weighted by Gasteiger charge is -2.31. The van der Waals surface area contributed by atoms with Crippen LogP contribution >= 0.6 is 0 Å². The minimum Gasteiger partial charge on any atom is -0.382 e. The maximum absolute atomic E-state index is 12.4. The summed E-state index contributed by atoms with van der Waals surface area (Å²) in [5, 5.41) is 0. The molecule has 0 radical (unpaired) electrons. The molecule has 1 aromatic rings. The van der Waals surface area contributed by atoms with Gasteiger partial charge in [-0.1, -0.05) is 37.3 Å². The lowest BCUT2D eigenvalue weighted by atomic mass is 9.87. The number of carbonyl (C=O) groups is 1. The Kier molecular flexibility index (Phi) is 6.87. The fourth-order valence-corrected chi connectivity index (χ4v) is 3.34. The number of amides is 1. The second-order valence-corrected chi connectivity index (χ2v) is 5.77. The van der Waals surface area contributed by atoms with E-state index in [-0.39, 0.29) is 12.5 Å². The Morgan fingerprint density at radius 3 is 2.77 bits per heavy atom. The fraction of sp³-hybridized carbons (Fsp3) is 0.611. The van der Waals surface area contributed by atoms with Crippen molar-refractivity contribution in [1.82, 2.24) is 4.90 Å². The first-order valence-corrected chi connectivity index (χ1v) is 8.19. The number of methoxy groups -OCH3 is 1. The summed E-state index contributed by atoms with van der Waals surface area (Å²) in [5.41, 5.74) is 1.33. The number of ether oxygens (including phenoxy) is 2. The predicted octanol–water partition coefficient (Wildman–Crippen LogP) is 2.83. The molecule has 4 nitrogen and oxygen atoms in total. The summed E-state index contributed by atoms with van der Waals surface area (Å²) < 4.78 is 10.3. The Morgan fingerprint density at radius 1 is 1.32 bits per heavy atom. The van der Waals surface area contributed by atoms with Crippen LogP contribution in [0, 0.1) is 0 Å². The summed E-state index contributed by atoms with van der Waals surface area (Å²) in [6, 6.07) is 10.8. The van der Waals surface area contributed by atoms with Crippen LogP contribution < -0.4 is 0 Å². The first-order valence-electron chi connectivity index (χ1n) is 8.19. The fourth-order valence-electron chi connectivity index (χ4n) is 3.34. The van der Waals surface area contributed by atoms with E-state index in [1.165, 1.54) is 5.56 Å². The Hall–Kier alpha value is -1.39. The van der Waals surface area contributed by atoms with Crippen LogP contribution in [0.1, 0.15) is 37.7 Å². The van der Waals surface area contributed by atoms with Crippen molar-refractivity contribution in [2.45, 2.75) is 38.1 Å². The highest BCUT2D eigenvalue weighted by atomic mass is 16.5. The normalized spacial score (nSPS) is 19.4. The zero-order valence-electron chi connectivity index (χ0n) is 13.7. The zero-order valence-corrected chi connectivity index (χ0v) is 13.7. The molecule has 2 atom stereocenters. The number of rotatable bonds is 8. The Morgan fingerprint density at radius 2 is 2.09 bits per heavy atom. The number of hydrogen-bond acceptors (Lipinski definition) is 3. The summed E-state index contributed by atoms with van der Waals surface area (Å²) >= 11 is 0. The molecule has 1 aromatic carbocycles. The predicted molar refractivity (Wildman–Crippen MR) is 86.9 cm³/mol. The van der Waals surface area contributed by atoms with Crippen LogP contribution in [-0.4, -0.2) is 50.3 Å². The molecule has 122 valence electrons. The van der Waals surface area contributed by atoms with Crippen molar-refractivity contribution in [3.63, 3.8) is 0 Å². The van der Waals surface area contributed by atoms with Gasteiger partial charge in [-0.3, -0.25) is 4.79 Å². The van der Waals surface area contributed by atoms with Gasteiger partial charge >= 0.3 is 0 Å². The van der Waals surface area contributed by atoms with E-state index in [9.17, 15) is 4.79 Å². The van der Waals surface area contributed by atoms with Gasteiger partial charge in [-0.15, -0.1) is 0 Å². The molecule has 1 amide bonds. The van der Waals surface area contributed by atoms with Gasteiger partial charge in [0.25, 0.3) is 0 Å². The highest BCUT2D eigenvalue weighted by Gasteiger charge is 2.34. The van der Waals surface area contributed by atoms with E-state index >= 15 is 0 Å². The van der Waals surface area contributed by atoms with Crippen LogP contribution in [0.25, 0.3) is 0 Å². The van der Waals surface area contributed by atoms with Crippen LogP contribution in [0.15, 0.2) is 30.3 Å². The minimum atomic E-state index is 0.105. The number of carbonyl (C=O) groups excluding carboxylic acids is 1. The molecule has 0 N–H and O–H groups in total. The molecule has 0 bridgehead atoms. The van der Waals surface area contributed by atoms with E-state index in [4.69, 9.17) is 9.47 Å². The molecule has 2 rings (SSSR count). The molecular weight excluding hydrogens is 278 g/mol. The summed E-state index contributed by atoms with van der Waals surface area (Å²) in [7, 11) is 1.63. The molecule has 4 heteroatoms. The summed E-state index contributed by atoms with van der Waals surface area (Å²) in [6.45, 7) is 4.20. The molecular formula is C18H27NO3. The molecule has 1 aliphatic heterocycles. The topological polar surface area (TPSA) is 38.8 Å². The first-order chi connectivity index (χ1) is 10.8. The number of likely N-dealkylation sites (tertiary alicyclic amines) is 1. The average molecular weight is 305 g/mol. The molecule has 0 spiro atoms. The van der Waals surface area contributed by atoms with Crippen LogP contribution in [0.3, 0.4) is 0 Å². The molecule has 1 heterocycles. The zero-order chi connectivity index (χ0) is 15.8. The van der Waals surface area contributed by atoms with Gasteiger partial charge in [-0.2, -0.15) is 0 Å². The van der Waals surface area contributed by atoms with Crippen molar-refractivity contribution >= 4 is 5.91 Å². The highest BCUT2D eigenvalue weighted by molar-refractivity contribution is 5.78. The van der Waals surface area contributed by atoms with E-state index < -0.39 is 0 Å². The number of nitrogens with zero attached hydrogens (tertiary/aromatic N) is 1. The summed E-state index contributed by atoms with van der Waals surface area (Å²) in [5.74, 6) is 0.514. The van der Waals surface area contributed by atoms with Gasteiger partial charge in [0.1, 0.15) is 6.61 Å². The Bertz CT molecular complexity index is 449. The van der Waals surface area contributed by atoms with Crippen LogP contribution in [0.2, 0.25) is 0 Å². The monoisotopic (exact) mass is 305 g/mol. The first kappa shape index (κ1) is 17.0. The van der Waals surface area contributed by atoms with Crippen molar-refractivity contribution in [2.75, 3.05) is 33.5 Å². The standard InChI is InChI=1S/C18H27NO3/c1-3-16(15-8-5-4-6-9-15)17-10-7-11-19(17)18(20)14-22-13-12-21-2/h4-6,8-9,16-17H,3,7,10-14H2,1-2H3. The molecule has 0 aliphatic carbocycles. The second kappa shape index (κ2) is 8.91. The number of hydrogen-bond donors (Lipinski definition) is 0. The molecule has 1 aliphatic rings. The van der Waals surface area contributed by atoms with Crippen LogP contribution in [-0.2, 0) is 14.3 Å². The van der Waals surface area contributed by atoms with Crippen molar-refractivity contribution in [3.8, 4) is 0 Å². The molecule has 22 heavy (non-hydrogen) atoms. The van der Waals surface area contributed by atoms with Gasteiger partial charge < -0.3 is 14.4 Å². The van der Waals surface area contributed by atoms with E-state index in [2.05, 4.69) is 31.2 Å². The average Bonchev–Trinajstić information content (AvgIpc) is 3.03. The van der Waals surface area contributed by atoms with Crippen LogP contribution in [0.5, 0.6) is 0 Å². The van der Waals surface area contributed by atoms with E-state index in [0.29, 0.717) is 25.2 Å². The lowest BCUT2D eigenvalue weighted by molar-refractivity contribution is -0.137.